The maximum absolute atomic E-state index is 11.1. The van der Waals surface area contributed by atoms with Crippen molar-refractivity contribution in [3.63, 3.8) is 0 Å². The summed E-state index contributed by atoms with van der Waals surface area (Å²) in [4.78, 5) is 11.1. The molecule has 1 aliphatic heterocycles. The average molecular weight is 148 g/mol. The molecule has 0 unspecified atom stereocenters. The van der Waals surface area contributed by atoms with Crippen molar-refractivity contribution in [3.8, 4) is 0 Å². The Balaban J connectivity index is 2.39. The zero-order valence-corrected chi connectivity index (χ0v) is 6.04. The van der Waals surface area contributed by atoms with E-state index in [-0.39, 0.29) is 12.4 Å². The molecule has 0 spiro atoms. The Labute approximate surface area is 64.9 Å². The first-order valence-electron chi connectivity index (χ1n) is 3.60. The Bertz CT molecular complexity index is 282. The molecular formula is C9H8O2. The van der Waals surface area contributed by atoms with E-state index in [2.05, 4.69) is 0 Å². The first-order chi connectivity index (χ1) is 5.38. The summed E-state index contributed by atoms with van der Waals surface area (Å²) in [6, 6.07) is 0. The molecule has 2 rings (SSSR count). The summed E-state index contributed by atoms with van der Waals surface area (Å²) < 4.78 is 5.18. The van der Waals surface area contributed by atoms with Gasteiger partial charge in [-0.15, -0.1) is 0 Å². The van der Waals surface area contributed by atoms with Crippen molar-refractivity contribution in [2.45, 2.75) is 6.42 Å². The fourth-order valence-electron chi connectivity index (χ4n) is 1.22. The maximum Gasteiger partial charge on any atom is 0.203 e. The van der Waals surface area contributed by atoms with Gasteiger partial charge in [-0.1, -0.05) is 18.2 Å². The van der Waals surface area contributed by atoms with Gasteiger partial charge in [0.1, 0.15) is 5.76 Å². The molecule has 0 saturated carbocycles. The summed E-state index contributed by atoms with van der Waals surface area (Å²) in [5.74, 6) is 0.917. The summed E-state index contributed by atoms with van der Waals surface area (Å²) in [5, 5.41) is 0. The van der Waals surface area contributed by atoms with Crippen LogP contribution in [0.5, 0.6) is 0 Å². The number of ketones is 1. The van der Waals surface area contributed by atoms with E-state index in [1.165, 1.54) is 0 Å². The van der Waals surface area contributed by atoms with E-state index in [0.29, 0.717) is 0 Å². The molecule has 1 heterocycles. The lowest BCUT2D eigenvalue weighted by Crippen LogP contribution is -1.98. The van der Waals surface area contributed by atoms with Crippen molar-refractivity contribution in [2.24, 2.45) is 0 Å². The zero-order valence-electron chi connectivity index (χ0n) is 6.04. The van der Waals surface area contributed by atoms with Crippen LogP contribution in [0, 0.1) is 0 Å². The number of ether oxygens (including phenoxy) is 1. The predicted molar refractivity (Wildman–Crippen MR) is 40.9 cm³/mol. The third-order valence-corrected chi connectivity index (χ3v) is 1.79. The fourth-order valence-corrected chi connectivity index (χ4v) is 1.22. The van der Waals surface area contributed by atoms with Crippen LogP contribution in [0.4, 0.5) is 0 Å². The number of hydrogen-bond donors (Lipinski definition) is 0. The second-order valence-corrected chi connectivity index (χ2v) is 2.54. The second kappa shape index (κ2) is 2.38. The average Bonchev–Trinajstić information content (AvgIpc) is 2.25. The topological polar surface area (TPSA) is 26.3 Å². The van der Waals surface area contributed by atoms with Gasteiger partial charge in [0.15, 0.2) is 6.61 Å². The minimum Gasteiger partial charge on any atom is -0.489 e. The van der Waals surface area contributed by atoms with Crippen molar-refractivity contribution in [3.05, 3.63) is 35.6 Å². The molecule has 0 radical (unpaired) electrons. The Kier molecular flexibility index (Phi) is 1.39. The van der Waals surface area contributed by atoms with Crippen molar-refractivity contribution in [2.75, 3.05) is 6.61 Å². The highest BCUT2D eigenvalue weighted by atomic mass is 16.5. The highest BCUT2D eigenvalue weighted by Crippen LogP contribution is 2.22. The van der Waals surface area contributed by atoms with Gasteiger partial charge in [0.05, 0.1) is 5.57 Å². The molecule has 0 N–H and O–H groups in total. The highest BCUT2D eigenvalue weighted by molar-refractivity contribution is 6.01. The van der Waals surface area contributed by atoms with Crippen LogP contribution >= 0.6 is 0 Å². The quantitative estimate of drug-likeness (QED) is 0.518. The standard InChI is InChI=1S/C9H8O2/c10-8-6-11-9-5-3-1-2-4-7(8)9/h1-4H,5-6H2. The summed E-state index contributed by atoms with van der Waals surface area (Å²) in [7, 11) is 0. The first kappa shape index (κ1) is 6.40. The number of rotatable bonds is 0. The van der Waals surface area contributed by atoms with E-state index >= 15 is 0 Å². The number of carbonyl (C=O) groups excluding carboxylic acids is 1. The molecule has 0 aromatic heterocycles. The van der Waals surface area contributed by atoms with E-state index in [1.54, 1.807) is 0 Å². The van der Waals surface area contributed by atoms with Crippen LogP contribution in [0.25, 0.3) is 0 Å². The van der Waals surface area contributed by atoms with Crippen LogP contribution in [0.2, 0.25) is 0 Å². The molecule has 0 saturated heterocycles. The van der Waals surface area contributed by atoms with Crippen LogP contribution in [0.3, 0.4) is 0 Å². The van der Waals surface area contributed by atoms with Crippen LogP contribution in [0.1, 0.15) is 6.42 Å². The lowest BCUT2D eigenvalue weighted by Gasteiger charge is -1.96. The lowest BCUT2D eigenvalue weighted by atomic mass is 10.1. The van der Waals surface area contributed by atoms with Gasteiger partial charge in [-0.05, 0) is 6.08 Å². The Morgan fingerprint density at radius 1 is 1.36 bits per heavy atom. The molecule has 0 aromatic carbocycles. The van der Waals surface area contributed by atoms with E-state index < -0.39 is 0 Å². The molecule has 11 heavy (non-hydrogen) atoms. The molecule has 1 aliphatic carbocycles. The molecule has 0 atom stereocenters. The normalized spacial score (nSPS) is 21.6. The maximum atomic E-state index is 11.1. The Morgan fingerprint density at radius 3 is 3.18 bits per heavy atom. The molecule has 2 heteroatoms. The second-order valence-electron chi connectivity index (χ2n) is 2.54. The summed E-state index contributed by atoms with van der Waals surface area (Å²) in [5.41, 5.74) is 0.745. The van der Waals surface area contributed by atoms with Crippen LogP contribution < -0.4 is 0 Å². The molecule has 0 aromatic rings. The largest absolute Gasteiger partial charge is 0.489 e. The molecule has 0 bridgehead atoms. The highest BCUT2D eigenvalue weighted by Gasteiger charge is 2.21. The van der Waals surface area contributed by atoms with Gasteiger partial charge in [-0.2, -0.15) is 0 Å². The summed E-state index contributed by atoms with van der Waals surface area (Å²) >= 11 is 0. The summed E-state index contributed by atoms with van der Waals surface area (Å²) in [6.07, 6.45) is 8.34. The molecule has 0 fully saturated rings. The number of carbonyl (C=O) groups is 1. The molecule has 56 valence electrons. The van der Waals surface area contributed by atoms with Crippen molar-refractivity contribution in [1.82, 2.24) is 0 Å². The van der Waals surface area contributed by atoms with Gasteiger partial charge < -0.3 is 4.74 Å². The smallest absolute Gasteiger partial charge is 0.203 e. The SMILES string of the molecule is O=C1COC2=C1C=CC=CC2. The van der Waals surface area contributed by atoms with Gasteiger partial charge in [0.25, 0.3) is 0 Å². The minimum absolute atomic E-state index is 0.0972. The van der Waals surface area contributed by atoms with Crippen molar-refractivity contribution >= 4 is 5.78 Å². The Morgan fingerprint density at radius 2 is 2.27 bits per heavy atom. The van der Waals surface area contributed by atoms with E-state index in [9.17, 15) is 4.79 Å². The third kappa shape index (κ3) is 1.00. The fraction of sp³-hybridized carbons (Fsp3) is 0.222. The van der Waals surface area contributed by atoms with E-state index in [4.69, 9.17) is 4.74 Å². The van der Waals surface area contributed by atoms with Crippen LogP contribution in [0.15, 0.2) is 35.6 Å². The van der Waals surface area contributed by atoms with Crippen LogP contribution in [-0.4, -0.2) is 12.4 Å². The van der Waals surface area contributed by atoms with Crippen molar-refractivity contribution < 1.29 is 9.53 Å². The van der Waals surface area contributed by atoms with Gasteiger partial charge in [-0.25, -0.2) is 0 Å². The zero-order chi connectivity index (χ0) is 7.68. The molecule has 2 aliphatic rings. The number of Topliss-reactive ketones (excluding diaryl/α,β-unsaturated/α-hetero) is 1. The predicted octanol–water partition coefficient (Wildman–Crippen LogP) is 1.36. The molecular weight excluding hydrogens is 140 g/mol. The van der Waals surface area contributed by atoms with Crippen molar-refractivity contribution in [1.29, 1.82) is 0 Å². The van der Waals surface area contributed by atoms with Gasteiger partial charge in [-0.3, -0.25) is 4.79 Å². The van der Waals surface area contributed by atoms with E-state index in [1.807, 2.05) is 24.3 Å². The van der Waals surface area contributed by atoms with E-state index in [0.717, 1.165) is 17.8 Å². The molecule has 2 nitrogen and oxygen atoms in total. The van der Waals surface area contributed by atoms with Crippen LogP contribution in [-0.2, 0) is 9.53 Å². The van der Waals surface area contributed by atoms with Gasteiger partial charge in [0.2, 0.25) is 5.78 Å². The number of allylic oxidation sites excluding steroid dienone is 4. The lowest BCUT2D eigenvalue weighted by molar-refractivity contribution is -0.116. The monoisotopic (exact) mass is 148 g/mol. The van der Waals surface area contributed by atoms with Gasteiger partial charge >= 0.3 is 0 Å². The first-order valence-corrected chi connectivity index (χ1v) is 3.60. The number of hydrogen-bond acceptors (Lipinski definition) is 2. The summed E-state index contributed by atoms with van der Waals surface area (Å²) in [6.45, 7) is 0.225. The minimum atomic E-state index is 0.0972. The Hall–Kier alpha value is -1.31. The molecule has 0 amide bonds. The van der Waals surface area contributed by atoms with Gasteiger partial charge in [0, 0.05) is 6.42 Å². The third-order valence-electron chi connectivity index (χ3n) is 1.79.